The molecule has 0 atom stereocenters. The molecule has 0 saturated carbocycles. The predicted molar refractivity (Wildman–Crippen MR) is 142 cm³/mol. The van der Waals surface area contributed by atoms with Crippen LogP contribution in [0.1, 0.15) is 50.8 Å². The second kappa shape index (κ2) is 9.41. The fourth-order valence-electron chi connectivity index (χ4n) is 4.94. The van der Waals surface area contributed by atoms with Gasteiger partial charge in [-0.05, 0) is 31.5 Å². The fraction of sp³-hybridized carbons (Fsp3) is 0.321. The van der Waals surface area contributed by atoms with Crippen molar-refractivity contribution in [3.05, 3.63) is 76.1 Å². The molecule has 37 heavy (non-hydrogen) atoms. The van der Waals surface area contributed by atoms with Gasteiger partial charge in [0.2, 0.25) is 5.78 Å². The Hall–Kier alpha value is -3.53. The molecule has 1 N–H and O–H groups in total. The number of aromatic nitrogens is 1. The van der Waals surface area contributed by atoms with Gasteiger partial charge in [-0.2, -0.15) is 0 Å². The molecule has 3 aromatic heterocycles. The van der Waals surface area contributed by atoms with E-state index >= 15 is 0 Å². The van der Waals surface area contributed by atoms with Crippen LogP contribution in [-0.4, -0.2) is 48.6 Å². The zero-order valence-electron chi connectivity index (χ0n) is 20.7. The number of furan rings is 1. The Morgan fingerprint density at radius 1 is 1.05 bits per heavy atom. The summed E-state index contributed by atoms with van der Waals surface area (Å²) in [4.78, 5) is 35.4. The number of pyridine rings is 1. The van der Waals surface area contributed by atoms with Crippen LogP contribution in [0.5, 0.6) is 0 Å². The number of hydrogen-bond acceptors (Lipinski definition) is 8. The van der Waals surface area contributed by atoms with E-state index in [0.717, 1.165) is 35.4 Å². The van der Waals surface area contributed by atoms with E-state index in [-0.39, 0.29) is 11.5 Å². The number of ketones is 1. The zero-order chi connectivity index (χ0) is 25.6. The third kappa shape index (κ3) is 4.43. The molecule has 0 bridgehead atoms. The third-order valence-electron chi connectivity index (χ3n) is 6.78. The lowest BCUT2D eigenvalue weighted by molar-refractivity contribution is -0.0396. The van der Waals surface area contributed by atoms with Crippen LogP contribution in [0.4, 0.5) is 11.5 Å². The standard InChI is InChI=1S/C28H27N3O5S/c1-28(2)15-18-19(16-36-28)25(31-10-13-34-14-11-31)30-27-21(18)22(29-26(33)20-9-6-12-35-20)24(37-27)23(32)17-7-4-3-5-8-17/h3-9,12H,10-11,13-16H2,1-2H3,(H,29,33). The number of amides is 1. The van der Waals surface area contributed by atoms with Crippen molar-refractivity contribution in [3.63, 3.8) is 0 Å². The number of nitrogens with one attached hydrogen (secondary N) is 1. The number of carbonyl (C=O) groups excluding carboxylic acids is 2. The van der Waals surface area contributed by atoms with Gasteiger partial charge in [-0.1, -0.05) is 30.3 Å². The number of morpholine rings is 1. The van der Waals surface area contributed by atoms with Crippen molar-refractivity contribution in [1.82, 2.24) is 4.98 Å². The van der Waals surface area contributed by atoms with E-state index in [4.69, 9.17) is 18.9 Å². The van der Waals surface area contributed by atoms with Gasteiger partial charge < -0.3 is 24.1 Å². The molecule has 8 nitrogen and oxygen atoms in total. The summed E-state index contributed by atoms with van der Waals surface area (Å²) in [5, 5.41) is 3.80. The Bertz CT molecular complexity index is 1470. The molecule has 1 aromatic carbocycles. The van der Waals surface area contributed by atoms with Crippen LogP contribution >= 0.6 is 11.3 Å². The topological polar surface area (TPSA) is 93.9 Å². The molecule has 2 aliphatic rings. The lowest BCUT2D eigenvalue weighted by Gasteiger charge is -2.36. The van der Waals surface area contributed by atoms with Crippen LogP contribution in [0.15, 0.2) is 53.1 Å². The van der Waals surface area contributed by atoms with Gasteiger partial charge in [0.15, 0.2) is 5.76 Å². The van der Waals surface area contributed by atoms with E-state index in [1.807, 2.05) is 18.2 Å². The van der Waals surface area contributed by atoms with Crippen molar-refractivity contribution >= 4 is 44.7 Å². The zero-order valence-corrected chi connectivity index (χ0v) is 21.5. The van der Waals surface area contributed by atoms with Crippen LogP contribution in [-0.2, 0) is 22.5 Å². The van der Waals surface area contributed by atoms with E-state index in [2.05, 4.69) is 24.1 Å². The van der Waals surface area contributed by atoms with Crippen LogP contribution in [0.3, 0.4) is 0 Å². The Balaban J connectivity index is 1.58. The van der Waals surface area contributed by atoms with Crippen LogP contribution in [0.2, 0.25) is 0 Å². The molecule has 0 aliphatic carbocycles. The molecule has 5 heterocycles. The summed E-state index contributed by atoms with van der Waals surface area (Å²) in [7, 11) is 0. The lowest BCUT2D eigenvalue weighted by atomic mass is 9.89. The lowest BCUT2D eigenvalue weighted by Crippen LogP contribution is -2.39. The maximum absolute atomic E-state index is 13.7. The first-order valence-corrected chi connectivity index (χ1v) is 13.1. The molecule has 1 saturated heterocycles. The maximum Gasteiger partial charge on any atom is 0.291 e. The average molecular weight is 518 g/mol. The molecule has 2 aliphatic heterocycles. The highest BCUT2D eigenvalue weighted by atomic mass is 32.1. The number of carbonyl (C=O) groups is 2. The number of ether oxygens (including phenoxy) is 2. The van der Waals surface area contributed by atoms with Crippen molar-refractivity contribution in [3.8, 4) is 0 Å². The van der Waals surface area contributed by atoms with Gasteiger partial charge in [0.1, 0.15) is 15.5 Å². The van der Waals surface area contributed by atoms with Crippen LogP contribution in [0, 0.1) is 0 Å². The second-order valence-corrected chi connectivity index (χ2v) is 10.8. The maximum atomic E-state index is 13.7. The highest BCUT2D eigenvalue weighted by Crippen LogP contribution is 2.45. The smallest absolute Gasteiger partial charge is 0.291 e. The number of anilines is 2. The normalized spacial score (nSPS) is 17.0. The predicted octanol–water partition coefficient (Wildman–Crippen LogP) is 5.06. The second-order valence-electron chi connectivity index (χ2n) is 9.83. The molecule has 1 fully saturated rings. The molecular formula is C28H27N3O5S. The minimum absolute atomic E-state index is 0.161. The summed E-state index contributed by atoms with van der Waals surface area (Å²) in [6.45, 7) is 7.25. The van der Waals surface area contributed by atoms with Gasteiger partial charge in [0, 0.05) is 36.0 Å². The van der Waals surface area contributed by atoms with Gasteiger partial charge >= 0.3 is 0 Å². The first-order valence-electron chi connectivity index (χ1n) is 12.3. The summed E-state index contributed by atoms with van der Waals surface area (Å²) < 4.78 is 17.1. The summed E-state index contributed by atoms with van der Waals surface area (Å²) in [5.74, 6) is 0.466. The minimum atomic E-state index is -0.413. The highest BCUT2D eigenvalue weighted by Gasteiger charge is 2.35. The number of nitrogens with zero attached hydrogens (tertiary/aromatic N) is 2. The Morgan fingerprint density at radius 2 is 1.84 bits per heavy atom. The summed E-state index contributed by atoms with van der Waals surface area (Å²) >= 11 is 1.31. The van der Waals surface area contributed by atoms with Crippen molar-refractivity contribution in [2.24, 2.45) is 0 Å². The SMILES string of the molecule is CC1(C)Cc2c(c(N3CCOCC3)nc3sc(C(=O)c4ccccc4)c(NC(=O)c4ccco4)c23)CO1. The van der Waals surface area contributed by atoms with E-state index in [1.54, 1.807) is 24.3 Å². The van der Waals surface area contributed by atoms with E-state index < -0.39 is 11.5 Å². The first-order chi connectivity index (χ1) is 17.9. The van der Waals surface area contributed by atoms with Gasteiger partial charge in [0.25, 0.3) is 5.91 Å². The van der Waals surface area contributed by atoms with Gasteiger partial charge in [-0.25, -0.2) is 4.98 Å². The number of rotatable bonds is 5. The first kappa shape index (κ1) is 23.8. The van der Waals surface area contributed by atoms with Crippen molar-refractivity contribution < 1.29 is 23.5 Å². The number of thiophene rings is 1. The molecule has 190 valence electrons. The summed E-state index contributed by atoms with van der Waals surface area (Å²) in [5.41, 5.74) is 2.68. The van der Waals surface area contributed by atoms with Crippen molar-refractivity contribution in [1.29, 1.82) is 0 Å². The van der Waals surface area contributed by atoms with E-state index in [1.165, 1.54) is 17.6 Å². The molecule has 9 heteroatoms. The van der Waals surface area contributed by atoms with Crippen molar-refractivity contribution in [2.45, 2.75) is 32.5 Å². The molecule has 0 spiro atoms. The Kier molecular flexibility index (Phi) is 6.06. The van der Waals surface area contributed by atoms with Gasteiger partial charge in [-0.3, -0.25) is 9.59 Å². The monoisotopic (exact) mass is 517 g/mol. The number of hydrogen-bond donors (Lipinski definition) is 1. The highest BCUT2D eigenvalue weighted by molar-refractivity contribution is 7.21. The molecule has 6 rings (SSSR count). The van der Waals surface area contributed by atoms with Gasteiger partial charge in [-0.15, -0.1) is 11.3 Å². The third-order valence-corrected chi connectivity index (χ3v) is 7.86. The Labute approximate surface area is 218 Å². The molecule has 0 unspecified atom stereocenters. The number of fused-ring (bicyclic) bond motifs is 3. The largest absolute Gasteiger partial charge is 0.459 e. The number of benzene rings is 1. The molecular weight excluding hydrogens is 490 g/mol. The Morgan fingerprint density at radius 3 is 2.57 bits per heavy atom. The average Bonchev–Trinajstić information content (AvgIpc) is 3.57. The van der Waals surface area contributed by atoms with E-state index in [9.17, 15) is 9.59 Å². The molecule has 0 radical (unpaired) electrons. The van der Waals surface area contributed by atoms with Crippen molar-refractivity contribution in [2.75, 3.05) is 36.5 Å². The fourth-order valence-corrected chi connectivity index (χ4v) is 6.06. The summed E-state index contributed by atoms with van der Waals surface area (Å²) in [6.07, 6.45) is 2.08. The van der Waals surface area contributed by atoms with Crippen LogP contribution < -0.4 is 10.2 Å². The molecule has 4 aromatic rings. The van der Waals surface area contributed by atoms with E-state index in [0.29, 0.717) is 47.2 Å². The minimum Gasteiger partial charge on any atom is -0.459 e. The van der Waals surface area contributed by atoms with Gasteiger partial charge in [0.05, 0.1) is 37.4 Å². The molecule has 1 amide bonds. The summed E-state index contributed by atoms with van der Waals surface area (Å²) in [6, 6.07) is 12.4. The van der Waals surface area contributed by atoms with Crippen LogP contribution in [0.25, 0.3) is 10.2 Å². The quantitative estimate of drug-likeness (QED) is 0.370.